The molecule has 0 aliphatic heterocycles. The van der Waals surface area contributed by atoms with Crippen LogP contribution in [-0.2, 0) is 22.4 Å². The largest absolute Gasteiger partial charge is 0.481 e. The molecule has 2 N–H and O–H groups in total. The van der Waals surface area contributed by atoms with Crippen LogP contribution in [0.15, 0.2) is 0 Å². The Bertz CT molecular complexity index is 448. The number of aromatic nitrogens is 1. The average Bonchev–Trinajstić information content (AvgIpc) is 2.63. The normalized spacial score (nSPS) is 10.4. The number of carbonyl (C=O) groups is 2. The van der Waals surface area contributed by atoms with E-state index in [0.29, 0.717) is 25.1 Å². The summed E-state index contributed by atoms with van der Waals surface area (Å²) in [5.41, 5.74) is 3.09. The lowest BCUT2D eigenvalue weighted by Crippen LogP contribution is -2.08. The van der Waals surface area contributed by atoms with Crippen molar-refractivity contribution in [3.05, 3.63) is 22.5 Å². The molecule has 0 aliphatic carbocycles. The molecule has 18 heavy (non-hydrogen) atoms. The lowest BCUT2D eigenvalue weighted by Gasteiger charge is -2.04. The number of esters is 1. The van der Waals surface area contributed by atoms with Crippen LogP contribution in [0.2, 0.25) is 0 Å². The first-order valence-corrected chi connectivity index (χ1v) is 6.10. The molecule has 0 aromatic carbocycles. The van der Waals surface area contributed by atoms with Gasteiger partial charge in [0.1, 0.15) is 5.69 Å². The van der Waals surface area contributed by atoms with Gasteiger partial charge in [0.15, 0.2) is 0 Å². The summed E-state index contributed by atoms with van der Waals surface area (Å²) < 4.78 is 4.98. The summed E-state index contributed by atoms with van der Waals surface area (Å²) in [4.78, 5) is 25.4. The lowest BCUT2D eigenvalue weighted by atomic mass is 10.0. The van der Waals surface area contributed by atoms with Gasteiger partial charge < -0.3 is 14.8 Å². The predicted octanol–water partition coefficient (Wildman–Crippen LogP) is 2.08. The molecule has 0 bridgehead atoms. The van der Waals surface area contributed by atoms with E-state index in [1.807, 2.05) is 13.8 Å². The van der Waals surface area contributed by atoms with Gasteiger partial charge >= 0.3 is 11.9 Å². The molecule has 0 aliphatic rings. The smallest absolute Gasteiger partial charge is 0.355 e. The highest BCUT2D eigenvalue weighted by Gasteiger charge is 2.20. The molecule has 1 heterocycles. The molecular weight excluding hydrogens is 234 g/mol. The van der Waals surface area contributed by atoms with E-state index in [0.717, 1.165) is 16.8 Å². The fourth-order valence-corrected chi connectivity index (χ4v) is 2.05. The van der Waals surface area contributed by atoms with Crippen LogP contribution in [0.3, 0.4) is 0 Å². The molecule has 5 heteroatoms. The third kappa shape index (κ3) is 3.12. The Kier molecular flexibility index (Phi) is 4.95. The molecule has 0 amide bonds. The zero-order valence-corrected chi connectivity index (χ0v) is 11.0. The zero-order valence-electron chi connectivity index (χ0n) is 11.0. The van der Waals surface area contributed by atoms with E-state index in [9.17, 15) is 9.59 Å². The summed E-state index contributed by atoms with van der Waals surface area (Å²) in [5, 5.41) is 8.73. The second-order valence-corrected chi connectivity index (χ2v) is 4.05. The van der Waals surface area contributed by atoms with Gasteiger partial charge in [-0.25, -0.2) is 4.79 Å². The molecule has 1 aromatic heterocycles. The average molecular weight is 253 g/mol. The maximum absolute atomic E-state index is 11.8. The van der Waals surface area contributed by atoms with Gasteiger partial charge in [-0.2, -0.15) is 0 Å². The van der Waals surface area contributed by atoms with Gasteiger partial charge in [-0.3, -0.25) is 4.79 Å². The van der Waals surface area contributed by atoms with E-state index >= 15 is 0 Å². The number of ether oxygens (including phenoxy) is 1. The van der Waals surface area contributed by atoms with Crippen LogP contribution >= 0.6 is 0 Å². The summed E-state index contributed by atoms with van der Waals surface area (Å²) in [7, 11) is 0. The Morgan fingerprint density at radius 2 is 1.94 bits per heavy atom. The van der Waals surface area contributed by atoms with Crippen molar-refractivity contribution >= 4 is 11.9 Å². The standard InChI is InChI=1S/C13H19NO4/c1-4-9-10(6-7-11(15)16)8(3)14-12(9)13(17)18-5-2/h14H,4-7H2,1-3H3,(H,15,16). The first-order chi connectivity index (χ1) is 8.51. The molecule has 1 rings (SSSR count). The van der Waals surface area contributed by atoms with E-state index in [2.05, 4.69) is 4.98 Å². The van der Waals surface area contributed by atoms with Gasteiger partial charge in [0.25, 0.3) is 0 Å². The second kappa shape index (κ2) is 6.23. The second-order valence-electron chi connectivity index (χ2n) is 4.05. The van der Waals surface area contributed by atoms with Crippen molar-refractivity contribution in [1.82, 2.24) is 4.98 Å². The van der Waals surface area contributed by atoms with E-state index in [1.54, 1.807) is 6.92 Å². The Labute approximate surface area is 106 Å². The maximum atomic E-state index is 11.8. The molecule has 0 saturated carbocycles. The number of aryl methyl sites for hydroxylation is 1. The minimum absolute atomic E-state index is 0.0635. The Balaban J connectivity index is 3.03. The summed E-state index contributed by atoms with van der Waals surface area (Å²) in [6.07, 6.45) is 1.17. The van der Waals surface area contributed by atoms with Crippen LogP contribution in [0.4, 0.5) is 0 Å². The molecule has 0 unspecified atom stereocenters. The number of hydrogen-bond acceptors (Lipinski definition) is 3. The van der Waals surface area contributed by atoms with E-state index in [1.165, 1.54) is 0 Å². The third-order valence-electron chi connectivity index (χ3n) is 2.85. The van der Waals surface area contributed by atoms with Crippen molar-refractivity contribution < 1.29 is 19.4 Å². The predicted molar refractivity (Wildman–Crippen MR) is 66.8 cm³/mol. The van der Waals surface area contributed by atoms with E-state index in [4.69, 9.17) is 9.84 Å². The van der Waals surface area contributed by atoms with Crippen LogP contribution in [0.25, 0.3) is 0 Å². The highest BCUT2D eigenvalue weighted by molar-refractivity contribution is 5.90. The molecule has 5 nitrogen and oxygen atoms in total. The van der Waals surface area contributed by atoms with Crippen LogP contribution in [0.1, 0.15) is 47.6 Å². The molecule has 1 aromatic rings. The molecule has 0 radical (unpaired) electrons. The number of aliphatic carboxylic acids is 1. The quantitative estimate of drug-likeness (QED) is 0.761. The SMILES string of the molecule is CCOC(=O)c1[nH]c(C)c(CCC(=O)O)c1CC. The topological polar surface area (TPSA) is 79.4 Å². The molecule has 0 spiro atoms. The fourth-order valence-electron chi connectivity index (χ4n) is 2.05. The van der Waals surface area contributed by atoms with Gasteiger partial charge in [-0.05, 0) is 37.8 Å². The summed E-state index contributed by atoms with van der Waals surface area (Å²) in [6, 6.07) is 0. The first kappa shape index (κ1) is 14.3. The number of carbonyl (C=O) groups excluding carboxylic acids is 1. The van der Waals surface area contributed by atoms with Crippen LogP contribution in [-0.4, -0.2) is 28.6 Å². The molecule has 100 valence electrons. The van der Waals surface area contributed by atoms with Crippen molar-refractivity contribution in [2.24, 2.45) is 0 Å². The molecule has 0 saturated heterocycles. The first-order valence-electron chi connectivity index (χ1n) is 6.10. The number of aromatic amines is 1. The van der Waals surface area contributed by atoms with Crippen LogP contribution < -0.4 is 0 Å². The minimum atomic E-state index is -0.838. The van der Waals surface area contributed by atoms with Crippen molar-refractivity contribution in [3.8, 4) is 0 Å². The molecular formula is C13H19NO4. The van der Waals surface area contributed by atoms with Crippen LogP contribution in [0, 0.1) is 6.92 Å². The highest BCUT2D eigenvalue weighted by atomic mass is 16.5. The van der Waals surface area contributed by atoms with Gasteiger partial charge in [-0.1, -0.05) is 6.92 Å². The van der Waals surface area contributed by atoms with E-state index in [-0.39, 0.29) is 12.4 Å². The molecule has 0 fully saturated rings. The Morgan fingerprint density at radius 1 is 1.28 bits per heavy atom. The number of rotatable bonds is 6. The van der Waals surface area contributed by atoms with E-state index < -0.39 is 5.97 Å². The Hall–Kier alpha value is -1.78. The van der Waals surface area contributed by atoms with Gasteiger partial charge in [0.2, 0.25) is 0 Å². The number of hydrogen-bond donors (Lipinski definition) is 2. The lowest BCUT2D eigenvalue weighted by molar-refractivity contribution is -0.136. The minimum Gasteiger partial charge on any atom is -0.481 e. The third-order valence-corrected chi connectivity index (χ3v) is 2.85. The zero-order chi connectivity index (χ0) is 13.7. The number of carboxylic acids is 1. The summed E-state index contributed by atoms with van der Waals surface area (Å²) in [6.45, 7) is 5.86. The summed E-state index contributed by atoms with van der Waals surface area (Å²) >= 11 is 0. The molecule has 0 atom stereocenters. The van der Waals surface area contributed by atoms with Gasteiger partial charge in [-0.15, -0.1) is 0 Å². The Morgan fingerprint density at radius 3 is 2.44 bits per heavy atom. The fraction of sp³-hybridized carbons (Fsp3) is 0.538. The monoisotopic (exact) mass is 253 g/mol. The van der Waals surface area contributed by atoms with Crippen molar-refractivity contribution in [3.63, 3.8) is 0 Å². The highest BCUT2D eigenvalue weighted by Crippen LogP contribution is 2.22. The van der Waals surface area contributed by atoms with Crippen molar-refractivity contribution in [2.75, 3.05) is 6.61 Å². The number of H-pyrrole nitrogens is 1. The van der Waals surface area contributed by atoms with Crippen molar-refractivity contribution in [2.45, 2.75) is 40.0 Å². The summed E-state index contributed by atoms with van der Waals surface area (Å²) in [5.74, 6) is -1.21. The van der Waals surface area contributed by atoms with Gasteiger partial charge in [0, 0.05) is 12.1 Å². The number of nitrogens with one attached hydrogen (secondary N) is 1. The number of carboxylic acid groups (broad SMARTS) is 1. The van der Waals surface area contributed by atoms with Crippen LogP contribution in [0.5, 0.6) is 0 Å². The van der Waals surface area contributed by atoms with Gasteiger partial charge in [0.05, 0.1) is 6.61 Å². The maximum Gasteiger partial charge on any atom is 0.355 e. The van der Waals surface area contributed by atoms with Crippen molar-refractivity contribution in [1.29, 1.82) is 0 Å².